The van der Waals surface area contributed by atoms with Crippen molar-refractivity contribution in [1.82, 2.24) is 0 Å². The van der Waals surface area contributed by atoms with Gasteiger partial charge >= 0.3 is 5.97 Å². The molecule has 0 radical (unpaired) electrons. The molecule has 0 aliphatic rings. The molecule has 2 N–H and O–H groups in total. The number of carboxylic acid groups (broad SMARTS) is 1. The van der Waals surface area contributed by atoms with Crippen molar-refractivity contribution in [3.8, 4) is 0 Å². The minimum atomic E-state index is -0.916. The molecule has 3 nitrogen and oxygen atoms in total. The van der Waals surface area contributed by atoms with Crippen LogP contribution in [-0.4, -0.2) is 16.2 Å². The van der Waals surface area contributed by atoms with Crippen LogP contribution in [0.3, 0.4) is 0 Å². The maximum atomic E-state index is 11.0. The lowest BCUT2D eigenvalue weighted by Crippen LogP contribution is -2.21. The third kappa shape index (κ3) is 3.06. The molecule has 0 saturated heterocycles. The Balaban J connectivity index is 2.80. The van der Waals surface area contributed by atoms with E-state index in [1.165, 1.54) is 16.2 Å². The molecule has 2 unspecified atom stereocenters. The third-order valence-corrected chi connectivity index (χ3v) is 3.92. The minimum absolute atomic E-state index is 0.510. The Hall–Kier alpha value is -0.870. The molecule has 16 heavy (non-hydrogen) atoms. The summed E-state index contributed by atoms with van der Waals surface area (Å²) < 4.78 is 0. The summed E-state index contributed by atoms with van der Waals surface area (Å²) >= 11 is 1.50. The summed E-state index contributed by atoms with van der Waals surface area (Å²) in [6, 6.07) is 3.79. The Morgan fingerprint density at radius 1 is 1.44 bits per heavy atom. The predicted molar refractivity (Wildman–Crippen MR) is 64.7 cm³/mol. The zero-order chi connectivity index (χ0) is 12.1. The first kappa shape index (κ1) is 13.2. The first-order chi connectivity index (χ1) is 7.60. The highest BCUT2D eigenvalue weighted by Crippen LogP contribution is 2.31. The Bertz CT molecular complexity index is 346. The van der Waals surface area contributed by atoms with Crippen LogP contribution >= 0.6 is 11.3 Å². The van der Waals surface area contributed by atoms with Crippen LogP contribution < -0.4 is 0 Å². The van der Waals surface area contributed by atoms with Crippen molar-refractivity contribution in [3.63, 3.8) is 0 Å². The second-order valence-electron chi connectivity index (χ2n) is 3.84. The van der Waals surface area contributed by atoms with Crippen molar-refractivity contribution in [3.05, 3.63) is 21.9 Å². The number of aliphatic hydroxyl groups excluding tert-OH is 1. The van der Waals surface area contributed by atoms with E-state index in [0.29, 0.717) is 6.42 Å². The van der Waals surface area contributed by atoms with Gasteiger partial charge in [-0.15, -0.1) is 11.3 Å². The highest BCUT2D eigenvalue weighted by atomic mass is 32.1. The molecule has 0 fully saturated rings. The molecule has 0 aliphatic carbocycles. The molecule has 0 spiro atoms. The molecule has 4 heteroatoms. The molecule has 0 saturated carbocycles. The SMILES string of the molecule is CCCC(C(=O)O)C(O)c1ccc(CC)s1. The van der Waals surface area contributed by atoms with Crippen molar-refractivity contribution in [2.75, 3.05) is 0 Å². The smallest absolute Gasteiger partial charge is 0.309 e. The summed E-state index contributed by atoms with van der Waals surface area (Å²) in [5.41, 5.74) is 0. The number of carboxylic acids is 1. The summed E-state index contributed by atoms with van der Waals surface area (Å²) in [5.74, 6) is -1.60. The van der Waals surface area contributed by atoms with Gasteiger partial charge in [-0.25, -0.2) is 0 Å². The standard InChI is InChI=1S/C12H18O3S/c1-3-5-9(12(14)15)11(13)10-7-6-8(4-2)16-10/h6-7,9,11,13H,3-5H2,1-2H3,(H,14,15). The fourth-order valence-electron chi connectivity index (χ4n) is 1.67. The van der Waals surface area contributed by atoms with Crippen LogP contribution in [0.15, 0.2) is 12.1 Å². The number of hydrogen-bond acceptors (Lipinski definition) is 3. The van der Waals surface area contributed by atoms with Gasteiger partial charge in [0.25, 0.3) is 0 Å². The summed E-state index contributed by atoms with van der Waals surface area (Å²) in [5, 5.41) is 19.1. The van der Waals surface area contributed by atoms with Crippen LogP contribution in [0.4, 0.5) is 0 Å². The third-order valence-electron chi connectivity index (χ3n) is 2.62. The van der Waals surface area contributed by atoms with Gasteiger partial charge in [-0.2, -0.15) is 0 Å². The molecule has 1 rings (SSSR count). The molecular weight excluding hydrogens is 224 g/mol. The monoisotopic (exact) mass is 242 g/mol. The van der Waals surface area contributed by atoms with Crippen molar-refractivity contribution < 1.29 is 15.0 Å². The second kappa shape index (κ2) is 6.01. The molecule has 1 heterocycles. The van der Waals surface area contributed by atoms with E-state index in [1.54, 1.807) is 0 Å². The van der Waals surface area contributed by atoms with E-state index in [4.69, 9.17) is 5.11 Å². The number of aliphatic hydroxyl groups is 1. The van der Waals surface area contributed by atoms with Crippen molar-refractivity contribution in [2.24, 2.45) is 5.92 Å². The Morgan fingerprint density at radius 2 is 2.12 bits per heavy atom. The summed E-state index contributed by atoms with van der Waals surface area (Å²) in [4.78, 5) is 13.0. The largest absolute Gasteiger partial charge is 0.481 e. The van der Waals surface area contributed by atoms with Gasteiger partial charge in [0.1, 0.15) is 6.10 Å². The maximum absolute atomic E-state index is 11.0. The van der Waals surface area contributed by atoms with E-state index in [2.05, 4.69) is 0 Å². The minimum Gasteiger partial charge on any atom is -0.481 e. The molecular formula is C12H18O3S. The average Bonchev–Trinajstić information content (AvgIpc) is 2.73. The number of aryl methyl sites for hydroxylation is 1. The van der Waals surface area contributed by atoms with Crippen LogP contribution in [0.25, 0.3) is 0 Å². The van der Waals surface area contributed by atoms with Gasteiger partial charge in [0.05, 0.1) is 5.92 Å². The van der Waals surface area contributed by atoms with Gasteiger partial charge < -0.3 is 10.2 Å². The van der Waals surface area contributed by atoms with Gasteiger partial charge in [-0.3, -0.25) is 4.79 Å². The molecule has 0 aromatic carbocycles. The van der Waals surface area contributed by atoms with E-state index in [0.717, 1.165) is 17.7 Å². The number of thiophene rings is 1. The summed E-state index contributed by atoms with van der Waals surface area (Å²) in [6.45, 7) is 3.97. The van der Waals surface area contributed by atoms with Crippen LogP contribution in [0.5, 0.6) is 0 Å². The van der Waals surface area contributed by atoms with Gasteiger partial charge in [-0.05, 0) is 25.0 Å². The Morgan fingerprint density at radius 3 is 2.56 bits per heavy atom. The van der Waals surface area contributed by atoms with Crippen LogP contribution in [-0.2, 0) is 11.2 Å². The zero-order valence-electron chi connectivity index (χ0n) is 9.64. The number of carbonyl (C=O) groups is 1. The van der Waals surface area contributed by atoms with Crippen LogP contribution in [0, 0.1) is 5.92 Å². The molecule has 2 atom stereocenters. The highest BCUT2D eigenvalue weighted by Gasteiger charge is 2.27. The lowest BCUT2D eigenvalue weighted by molar-refractivity contribution is -0.146. The maximum Gasteiger partial charge on any atom is 0.309 e. The average molecular weight is 242 g/mol. The van der Waals surface area contributed by atoms with Crippen LogP contribution in [0.1, 0.15) is 42.5 Å². The normalized spacial score (nSPS) is 14.7. The van der Waals surface area contributed by atoms with E-state index < -0.39 is 18.0 Å². The predicted octanol–water partition coefficient (Wildman–Crippen LogP) is 2.84. The van der Waals surface area contributed by atoms with Crippen molar-refractivity contribution in [1.29, 1.82) is 0 Å². The van der Waals surface area contributed by atoms with Crippen molar-refractivity contribution in [2.45, 2.75) is 39.2 Å². The van der Waals surface area contributed by atoms with Crippen LogP contribution in [0.2, 0.25) is 0 Å². The molecule has 0 aliphatic heterocycles. The number of rotatable bonds is 6. The van der Waals surface area contributed by atoms with E-state index in [-0.39, 0.29) is 0 Å². The molecule has 0 bridgehead atoms. The number of hydrogen-bond donors (Lipinski definition) is 2. The Labute approximate surface area is 99.7 Å². The van der Waals surface area contributed by atoms with E-state index >= 15 is 0 Å². The van der Waals surface area contributed by atoms with Crippen molar-refractivity contribution >= 4 is 17.3 Å². The quantitative estimate of drug-likeness (QED) is 0.806. The molecule has 1 aromatic rings. The fraction of sp³-hybridized carbons (Fsp3) is 0.583. The highest BCUT2D eigenvalue weighted by molar-refractivity contribution is 7.12. The lowest BCUT2D eigenvalue weighted by Gasteiger charge is -2.17. The fourth-order valence-corrected chi connectivity index (χ4v) is 2.67. The van der Waals surface area contributed by atoms with Gasteiger partial charge in [-0.1, -0.05) is 20.3 Å². The van der Waals surface area contributed by atoms with Gasteiger partial charge in [0.15, 0.2) is 0 Å². The van der Waals surface area contributed by atoms with Gasteiger partial charge in [0.2, 0.25) is 0 Å². The van der Waals surface area contributed by atoms with Gasteiger partial charge in [0, 0.05) is 9.75 Å². The van der Waals surface area contributed by atoms with E-state index in [9.17, 15) is 9.90 Å². The molecule has 1 aromatic heterocycles. The molecule has 90 valence electrons. The number of aliphatic carboxylic acids is 1. The lowest BCUT2D eigenvalue weighted by atomic mass is 9.96. The first-order valence-electron chi connectivity index (χ1n) is 5.59. The zero-order valence-corrected chi connectivity index (χ0v) is 10.5. The summed E-state index contributed by atoms with van der Waals surface area (Å²) in [6.07, 6.45) is 1.32. The summed E-state index contributed by atoms with van der Waals surface area (Å²) in [7, 11) is 0. The topological polar surface area (TPSA) is 57.5 Å². The molecule has 0 amide bonds. The second-order valence-corrected chi connectivity index (χ2v) is 5.04. The van der Waals surface area contributed by atoms with E-state index in [1.807, 2.05) is 26.0 Å². The first-order valence-corrected chi connectivity index (χ1v) is 6.41. The Kier molecular flexibility index (Phi) is 4.96.